The molecular formula is C14H22ClN3O3S. The van der Waals surface area contributed by atoms with E-state index in [-0.39, 0.29) is 5.91 Å². The lowest BCUT2D eigenvalue weighted by Crippen LogP contribution is -2.48. The molecule has 0 aliphatic carbocycles. The molecule has 0 saturated carbocycles. The zero-order valence-electron chi connectivity index (χ0n) is 13.2. The first-order valence-corrected chi connectivity index (χ1v) is 9.03. The van der Waals surface area contributed by atoms with Crippen molar-refractivity contribution in [3.05, 3.63) is 29.3 Å². The first kappa shape index (κ1) is 18.7. The molecule has 1 aromatic carbocycles. The Kier molecular flexibility index (Phi) is 6.65. The summed E-state index contributed by atoms with van der Waals surface area (Å²) < 4.78 is 25.2. The maximum Gasteiger partial charge on any atom is 0.243 e. The van der Waals surface area contributed by atoms with Crippen molar-refractivity contribution in [2.24, 2.45) is 0 Å². The van der Waals surface area contributed by atoms with Gasteiger partial charge in [-0.2, -0.15) is 0 Å². The molecule has 1 aromatic rings. The van der Waals surface area contributed by atoms with Crippen molar-refractivity contribution in [2.75, 3.05) is 37.7 Å². The summed E-state index contributed by atoms with van der Waals surface area (Å²) in [7, 11) is 0.170. The van der Waals surface area contributed by atoms with Crippen LogP contribution < -0.4 is 9.62 Å². The number of carbonyl (C=O) groups is 1. The molecule has 0 unspecified atom stereocenters. The number of amides is 1. The number of hydrogen-bond donors (Lipinski definition) is 1. The molecule has 6 nitrogen and oxygen atoms in total. The minimum Gasteiger partial charge on any atom is -0.353 e. The number of halogens is 1. The molecule has 1 rings (SSSR count). The normalized spacial score (nSPS) is 13.0. The SMILES string of the molecule is C[C@H](C(=O)NCCN(C)C)N(c1cccc(Cl)c1)S(C)(=O)=O. The van der Waals surface area contributed by atoms with Crippen LogP contribution in [0.15, 0.2) is 24.3 Å². The maximum absolute atomic E-state index is 12.2. The number of rotatable bonds is 7. The molecule has 0 fully saturated rings. The Hall–Kier alpha value is -1.31. The highest BCUT2D eigenvalue weighted by molar-refractivity contribution is 7.92. The predicted octanol–water partition coefficient (Wildman–Crippen LogP) is 1.17. The van der Waals surface area contributed by atoms with Crippen LogP contribution in [0.5, 0.6) is 0 Å². The van der Waals surface area contributed by atoms with Crippen molar-refractivity contribution < 1.29 is 13.2 Å². The Morgan fingerprint density at radius 2 is 2.00 bits per heavy atom. The average Bonchev–Trinajstić information content (AvgIpc) is 2.36. The van der Waals surface area contributed by atoms with E-state index in [2.05, 4.69) is 5.32 Å². The molecule has 0 saturated heterocycles. The highest BCUT2D eigenvalue weighted by Crippen LogP contribution is 2.24. The zero-order valence-corrected chi connectivity index (χ0v) is 14.8. The lowest BCUT2D eigenvalue weighted by atomic mass is 10.2. The molecular weight excluding hydrogens is 326 g/mol. The number of hydrogen-bond acceptors (Lipinski definition) is 4. The number of carbonyl (C=O) groups excluding carboxylic acids is 1. The highest BCUT2D eigenvalue weighted by atomic mass is 35.5. The van der Waals surface area contributed by atoms with Gasteiger partial charge in [-0.25, -0.2) is 8.42 Å². The van der Waals surface area contributed by atoms with Crippen LogP contribution in [0.1, 0.15) is 6.92 Å². The van der Waals surface area contributed by atoms with E-state index in [1.165, 1.54) is 6.07 Å². The summed E-state index contributed by atoms with van der Waals surface area (Å²) in [5.41, 5.74) is 0.366. The third kappa shape index (κ3) is 5.47. The van der Waals surface area contributed by atoms with Gasteiger partial charge in [0, 0.05) is 18.1 Å². The zero-order chi connectivity index (χ0) is 16.9. The van der Waals surface area contributed by atoms with Gasteiger partial charge in [0.25, 0.3) is 0 Å². The van der Waals surface area contributed by atoms with Crippen LogP contribution in [0, 0.1) is 0 Å². The van der Waals surface area contributed by atoms with Gasteiger partial charge in [-0.3, -0.25) is 9.10 Å². The Bertz CT molecular complexity index is 620. The fraction of sp³-hybridized carbons (Fsp3) is 0.500. The summed E-state index contributed by atoms with van der Waals surface area (Å²) in [5.74, 6) is -0.354. The molecule has 1 N–H and O–H groups in total. The van der Waals surface area contributed by atoms with Gasteiger partial charge in [0.15, 0.2) is 0 Å². The Balaban J connectivity index is 2.96. The largest absolute Gasteiger partial charge is 0.353 e. The van der Waals surface area contributed by atoms with Crippen LogP contribution in [-0.4, -0.2) is 58.7 Å². The summed E-state index contributed by atoms with van der Waals surface area (Å²) in [5, 5.41) is 3.14. The third-order valence-electron chi connectivity index (χ3n) is 3.01. The van der Waals surface area contributed by atoms with Gasteiger partial charge in [0.05, 0.1) is 11.9 Å². The van der Waals surface area contributed by atoms with E-state index in [0.717, 1.165) is 10.6 Å². The van der Waals surface area contributed by atoms with E-state index in [0.29, 0.717) is 23.8 Å². The van der Waals surface area contributed by atoms with E-state index in [4.69, 9.17) is 11.6 Å². The lowest BCUT2D eigenvalue weighted by Gasteiger charge is -2.28. The minimum atomic E-state index is -3.62. The van der Waals surface area contributed by atoms with Crippen LogP contribution >= 0.6 is 11.6 Å². The lowest BCUT2D eigenvalue weighted by molar-refractivity contribution is -0.121. The van der Waals surface area contributed by atoms with Crippen LogP contribution in [0.4, 0.5) is 5.69 Å². The molecule has 1 amide bonds. The van der Waals surface area contributed by atoms with Gasteiger partial charge in [-0.15, -0.1) is 0 Å². The van der Waals surface area contributed by atoms with Gasteiger partial charge in [-0.05, 0) is 39.2 Å². The molecule has 0 aliphatic heterocycles. The monoisotopic (exact) mass is 347 g/mol. The van der Waals surface area contributed by atoms with E-state index in [1.807, 2.05) is 19.0 Å². The molecule has 0 aromatic heterocycles. The van der Waals surface area contributed by atoms with Crippen LogP contribution in [0.2, 0.25) is 5.02 Å². The van der Waals surface area contributed by atoms with E-state index in [1.54, 1.807) is 25.1 Å². The average molecular weight is 348 g/mol. The maximum atomic E-state index is 12.2. The van der Waals surface area contributed by atoms with Crippen molar-refractivity contribution in [3.8, 4) is 0 Å². The van der Waals surface area contributed by atoms with Gasteiger partial charge in [-0.1, -0.05) is 17.7 Å². The third-order valence-corrected chi connectivity index (χ3v) is 4.49. The van der Waals surface area contributed by atoms with E-state index in [9.17, 15) is 13.2 Å². The Morgan fingerprint density at radius 3 is 2.50 bits per heavy atom. The standard InChI is InChI=1S/C14H22ClN3O3S/c1-11(14(19)16-8-9-17(2)3)18(22(4,20)21)13-7-5-6-12(15)10-13/h5-7,10-11H,8-9H2,1-4H3,(H,16,19)/t11-/m1/s1. The quantitative estimate of drug-likeness (QED) is 0.804. The van der Waals surface area contributed by atoms with Crippen LogP contribution in [-0.2, 0) is 14.8 Å². The number of anilines is 1. The molecule has 1 atom stereocenters. The second kappa shape index (κ2) is 7.80. The summed E-state index contributed by atoms with van der Waals surface area (Å²) in [6, 6.07) is 5.55. The number of likely N-dealkylation sites (N-methyl/N-ethyl adjacent to an activating group) is 1. The summed E-state index contributed by atoms with van der Waals surface area (Å²) >= 11 is 5.91. The van der Waals surface area contributed by atoms with Crippen molar-refractivity contribution in [2.45, 2.75) is 13.0 Å². The number of benzene rings is 1. The number of nitrogens with zero attached hydrogens (tertiary/aromatic N) is 2. The van der Waals surface area contributed by atoms with Gasteiger partial charge in [0.2, 0.25) is 15.9 Å². The van der Waals surface area contributed by atoms with Crippen molar-refractivity contribution in [1.82, 2.24) is 10.2 Å². The van der Waals surface area contributed by atoms with Gasteiger partial charge in [0.1, 0.15) is 6.04 Å². The van der Waals surface area contributed by atoms with Crippen LogP contribution in [0.25, 0.3) is 0 Å². The smallest absolute Gasteiger partial charge is 0.243 e. The van der Waals surface area contributed by atoms with E-state index < -0.39 is 16.1 Å². The summed E-state index contributed by atoms with van der Waals surface area (Å²) in [6.45, 7) is 2.67. The highest BCUT2D eigenvalue weighted by Gasteiger charge is 2.28. The fourth-order valence-electron chi connectivity index (χ4n) is 1.97. The van der Waals surface area contributed by atoms with Crippen molar-refractivity contribution in [3.63, 3.8) is 0 Å². The molecule has 0 radical (unpaired) electrons. The summed E-state index contributed by atoms with van der Waals surface area (Å²) in [4.78, 5) is 14.1. The molecule has 0 bridgehead atoms. The molecule has 0 spiro atoms. The second-order valence-electron chi connectivity index (χ2n) is 5.31. The summed E-state index contributed by atoms with van der Waals surface area (Å²) in [6.07, 6.45) is 1.07. The topological polar surface area (TPSA) is 69.7 Å². The minimum absolute atomic E-state index is 0.354. The first-order valence-electron chi connectivity index (χ1n) is 6.80. The Morgan fingerprint density at radius 1 is 1.36 bits per heavy atom. The van der Waals surface area contributed by atoms with E-state index >= 15 is 0 Å². The Labute approximate surface area is 137 Å². The molecule has 22 heavy (non-hydrogen) atoms. The molecule has 8 heteroatoms. The van der Waals surface area contributed by atoms with Gasteiger partial charge < -0.3 is 10.2 Å². The first-order chi connectivity index (χ1) is 10.1. The van der Waals surface area contributed by atoms with Crippen LogP contribution in [0.3, 0.4) is 0 Å². The van der Waals surface area contributed by atoms with Crippen molar-refractivity contribution in [1.29, 1.82) is 0 Å². The van der Waals surface area contributed by atoms with Gasteiger partial charge >= 0.3 is 0 Å². The number of sulfonamides is 1. The molecule has 124 valence electrons. The van der Waals surface area contributed by atoms with Crippen molar-refractivity contribution >= 4 is 33.2 Å². The molecule has 0 heterocycles. The predicted molar refractivity (Wildman–Crippen MR) is 89.8 cm³/mol. The number of nitrogens with one attached hydrogen (secondary N) is 1. The second-order valence-corrected chi connectivity index (χ2v) is 7.60. The molecule has 0 aliphatic rings. The fourth-order valence-corrected chi connectivity index (χ4v) is 3.32.